The average Bonchev–Trinajstić information content (AvgIpc) is 2.98. The summed E-state index contributed by atoms with van der Waals surface area (Å²) >= 11 is 3.45. The van der Waals surface area contributed by atoms with Crippen LogP contribution in [0.2, 0.25) is 0 Å². The average molecular weight is 351 g/mol. The van der Waals surface area contributed by atoms with Crippen molar-refractivity contribution >= 4 is 33.5 Å². The predicted octanol–water partition coefficient (Wildman–Crippen LogP) is 6.81. The summed E-state index contributed by atoms with van der Waals surface area (Å²) in [4.78, 5) is 4.62. The van der Waals surface area contributed by atoms with Gasteiger partial charge in [-0.3, -0.25) is 4.72 Å². The van der Waals surface area contributed by atoms with E-state index >= 15 is 0 Å². The van der Waals surface area contributed by atoms with Gasteiger partial charge in [-0.25, -0.2) is 4.98 Å². The highest BCUT2D eigenvalue weighted by atomic mass is 32.2. The molecule has 0 bridgehead atoms. The van der Waals surface area contributed by atoms with Gasteiger partial charge in [0.15, 0.2) is 4.34 Å². The summed E-state index contributed by atoms with van der Waals surface area (Å²) in [5.41, 5.74) is 1.11. The van der Waals surface area contributed by atoms with Crippen LogP contribution in [0.3, 0.4) is 0 Å². The Labute approximate surface area is 149 Å². The molecule has 2 aromatic rings. The lowest BCUT2D eigenvalue weighted by molar-refractivity contribution is 0.556. The van der Waals surface area contributed by atoms with Gasteiger partial charge in [-0.05, 0) is 30.5 Å². The van der Waals surface area contributed by atoms with Crippen LogP contribution >= 0.6 is 23.3 Å². The van der Waals surface area contributed by atoms with Crippen molar-refractivity contribution in [1.29, 1.82) is 0 Å². The van der Waals surface area contributed by atoms with E-state index in [1.165, 1.54) is 68.9 Å². The van der Waals surface area contributed by atoms with Crippen molar-refractivity contribution in [3.05, 3.63) is 24.3 Å². The normalized spacial score (nSPS) is 11.3. The molecule has 0 saturated heterocycles. The number of benzene rings is 1. The zero-order valence-corrected chi connectivity index (χ0v) is 16.0. The van der Waals surface area contributed by atoms with Gasteiger partial charge in [0.25, 0.3) is 0 Å². The fourth-order valence-corrected chi connectivity index (χ4v) is 4.52. The van der Waals surface area contributed by atoms with E-state index in [-0.39, 0.29) is 0 Å². The van der Waals surface area contributed by atoms with Gasteiger partial charge in [-0.2, -0.15) is 0 Å². The SMILES string of the molecule is CCCCCCCCCCCCNSc1nc2ccccc2s1. The number of thiazole rings is 1. The molecule has 0 aliphatic carbocycles. The number of rotatable bonds is 13. The van der Waals surface area contributed by atoms with Crippen LogP contribution in [0.1, 0.15) is 71.1 Å². The maximum absolute atomic E-state index is 4.62. The maximum atomic E-state index is 4.62. The van der Waals surface area contributed by atoms with Crippen molar-refractivity contribution in [2.75, 3.05) is 6.54 Å². The van der Waals surface area contributed by atoms with Gasteiger partial charge < -0.3 is 0 Å². The Kier molecular flexibility index (Phi) is 9.69. The third kappa shape index (κ3) is 7.69. The molecule has 1 aromatic carbocycles. The number of nitrogens with one attached hydrogen (secondary N) is 1. The Morgan fingerprint density at radius 1 is 0.913 bits per heavy atom. The molecule has 128 valence electrons. The predicted molar refractivity (Wildman–Crippen MR) is 105 cm³/mol. The van der Waals surface area contributed by atoms with E-state index in [4.69, 9.17) is 0 Å². The number of nitrogens with zero attached hydrogens (tertiary/aromatic N) is 1. The van der Waals surface area contributed by atoms with Crippen LogP contribution in [-0.4, -0.2) is 11.5 Å². The van der Waals surface area contributed by atoms with Crippen molar-refractivity contribution in [3.8, 4) is 0 Å². The van der Waals surface area contributed by atoms with Crippen molar-refractivity contribution in [2.45, 2.75) is 75.5 Å². The topological polar surface area (TPSA) is 24.9 Å². The molecule has 0 amide bonds. The van der Waals surface area contributed by atoms with Crippen LogP contribution in [0.25, 0.3) is 10.2 Å². The van der Waals surface area contributed by atoms with E-state index in [9.17, 15) is 0 Å². The van der Waals surface area contributed by atoms with Gasteiger partial charge in [0.2, 0.25) is 0 Å². The Balaban J connectivity index is 1.42. The highest BCUT2D eigenvalue weighted by molar-refractivity contribution is 7.99. The Morgan fingerprint density at radius 2 is 1.57 bits per heavy atom. The molecule has 0 unspecified atom stereocenters. The van der Waals surface area contributed by atoms with Gasteiger partial charge in [-0.1, -0.05) is 76.8 Å². The molecular weight excluding hydrogens is 320 g/mol. The standard InChI is InChI=1S/C19H30N2S2/c1-2-3-4-5-6-7-8-9-10-13-16-20-23-19-21-17-14-11-12-15-18(17)22-19/h11-12,14-15,20H,2-10,13,16H2,1H3. The van der Waals surface area contributed by atoms with Crippen LogP contribution in [0, 0.1) is 0 Å². The molecule has 0 aliphatic rings. The fraction of sp³-hybridized carbons (Fsp3) is 0.632. The number of aromatic nitrogens is 1. The first-order valence-corrected chi connectivity index (χ1v) is 10.8. The number of hydrogen-bond acceptors (Lipinski definition) is 4. The minimum Gasteiger partial charge on any atom is -0.258 e. The highest BCUT2D eigenvalue weighted by Gasteiger charge is 2.02. The molecule has 1 aromatic heterocycles. The van der Waals surface area contributed by atoms with Crippen molar-refractivity contribution in [2.24, 2.45) is 0 Å². The quantitative estimate of drug-likeness (QED) is 0.317. The van der Waals surface area contributed by atoms with Crippen LogP contribution < -0.4 is 4.72 Å². The molecule has 23 heavy (non-hydrogen) atoms. The van der Waals surface area contributed by atoms with E-state index in [1.807, 2.05) is 6.07 Å². The fourth-order valence-electron chi connectivity index (χ4n) is 2.69. The number of fused-ring (bicyclic) bond motifs is 1. The summed E-state index contributed by atoms with van der Waals surface area (Å²) in [6, 6.07) is 8.34. The lowest BCUT2D eigenvalue weighted by atomic mass is 10.1. The molecule has 2 nitrogen and oxygen atoms in total. The molecule has 1 heterocycles. The second-order valence-corrected chi connectivity index (χ2v) is 8.29. The van der Waals surface area contributed by atoms with Gasteiger partial charge in [0, 0.05) is 6.54 Å². The molecule has 2 rings (SSSR count). The van der Waals surface area contributed by atoms with E-state index in [2.05, 4.69) is 34.8 Å². The summed E-state index contributed by atoms with van der Waals surface area (Å²) in [6.45, 7) is 3.36. The van der Waals surface area contributed by atoms with Crippen molar-refractivity contribution < 1.29 is 0 Å². The molecule has 0 radical (unpaired) electrons. The number of para-hydroxylation sites is 1. The van der Waals surface area contributed by atoms with Gasteiger partial charge in [-0.15, -0.1) is 11.3 Å². The third-order valence-corrected chi connectivity index (χ3v) is 6.01. The molecule has 0 spiro atoms. The zero-order valence-electron chi connectivity index (χ0n) is 14.4. The van der Waals surface area contributed by atoms with E-state index in [0.717, 1.165) is 16.4 Å². The highest BCUT2D eigenvalue weighted by Crippen LogP contribution is 2.27. The summed E-state index contributed by atoms with van der Waals surface area (Å²) < 4.78 is 5.85. The molecule has 0 aliphatic heterocycles. The number of unbranched alkanes of at least 4 members (excludes halogenated alkanes) is 9. The van der Waals surface area contributed by atoms with E-state index in [1.54, 1.807) is 23.3 Å². The maximum Gasteiger partial charge on any atom is 0.166 e. The first kappa shape index (κ1) is 18.8. The van der Waals surface area contributed by atoms with Crippen LogP contribution in [0.4, 0.5) is 0 Å². The van der Waals surface area contributed by atoms with Crippen LogP contribution in [0.5, 0.6) is 0 Å². The Hall–Kier alpha value is -0.580. The lowest BCUT2D eigenvalue weighted by Gasteiger charge is -2.03. The summed E-state index contributed by atoms with van der Waals surface area (Å²) in [5, 5.41) is 0. The lowest BCUT2D eigenvalue weighted by Crippen LogP contribution is -2.04. The molecule has 0 saturated carbocycles. The summed E-state index contributed by atoms with van der Waals surface area (Å²) in [6.07, 6.45) is 13.9. The van der Waals surface area contributed by atoms with Gasteiger partial charge in [0.1, 0.15) is 0 Å². The van der Waals surface area contributed by atoms with Crippen molar-refractivity contribution in [1.82, 2.24) is 9.71 Å². The number of hydrogen-bond donors (Lipinski definition) is 1. The van der Waals surface area contributed by atoms with Gasteiger partial charge >= 0.3 is 0 Å². The first-order valence-electron chi connectivity index (χ1n) is 9.15. The smallest absolute Gasteiger partial charge is 0.166 e. The van der Waals surface area contributed by atoms with Crippen LogP contribution in [0.15, 0.2) is 28.6 Å². The molecule has 0 fully saturated rings. The molecule has 4 heteroatoms. The largest absolute Gasteiger partial charge is 0.258 e. The minimum absolute atomic E-state index is 1.08. The van der Waals surface area contributed by atoms with E-state index < -0.39 is 0 Å². The monoisotopic (exact) mass is 350 g/mol. The Bertz CT molecular complexity index is 506. The first-order chi connectivity index (χ1) is 11.4. The molecular formula is C19H30N2S2. The zero-order chi connectivity index (χ0) is 16.2. The molecule has 0 atom stereocenters. The summed E-state index contributed by atoms with van der Waals surface area (Å²) in [5.74, 6) is 0. The second kappa shape index (κ2) is 11.9. The summed E-state index contributed by atoms with van der Waals surface area (Å²) in [7, 11) is 0. The minimum atomic E-state index is 1.08. The second-order valence-electron chi connectivity index (χ2n) is 6.13. The third-order valence-electron chi connectivity index (χ3n) is 4.07. The van der Waals surface area contributed by atoms with Crippen molar-refractivity contribution in [3.63, 3.8) is 0 Å². The molecule has 1 N–H and O–H groups in total. The van der Waals surface area contributed by atoms with Crippen LogP contribution in [-0.2, 0) is 0 Å². The van der Waals surface area contributed by atoms with E-state index in [0.29, 0.717) is 0 Å². The Morgan fingerprint density at radius 3 is 2.26 bits per heavy atom. The van der Waals surface area contributed by atoms with Gasteiger partial charge in [0.05, 0.1) is 10.2 Å².